The summed E-state index contributed by atoms with van der Waals surface area (Å²) in [6.45, 7) is -0.445. The zero-order valence-electron chi connectivity index (χ0n) is 13.1. The van der Waals surface area contributed by atoms with Gasteiger partial charge in [-0.05, 0) is 17.7 Å². The fourth-order valence-electron chi connectivity index (χ4n) is 2.34. The maximum atomic E-state index is 9.83. The summed E-state index contributed by atoms with van der Waals surface area (Å²) in [6, 6.07) is 4.82. The van der Waals surface area contributed by atoms with Gasteiger partial charge in [-0.15, -0.1) is 0 Å². The van der Waals surface area contributed by atoms with E-state index < -0.39 is 37.3 Å². The Bertz CT molecular complexity index is 559. The lowest BCUT2D eigenvalue weighted by atomic mass is 9.99. The van der Waals surface area contributed by atoms with E-state index >= 15 is 0 Å². The van der Waals surface area contributed by atoms with Gasteiger partial charge in [-0.1, -0.05) is 18.2 Å². The van der Waals surface area contributed by atoms with Crippen LogP contribution in [0.1, 0.15) is 5.56 Å². The van der Waals surface area contributed by atoms with E-state index in [1.165, 1.54) is 13.2 Å². The molecule has 1 heterocycles. The fourth-order valence-corrected chi connectivity index (χ4v) is 2.34. The van der Waals surface area contributed by atoms with E-state index in [1.54, 1.807) is 24.3 Å². The molecule has 0 saturated carbocycles. The minimum Gasteiger partial charge on any atom is -0.504 e. The van der Waals surface area contributed by atoms with Crippen molar-refractivity contribution >= 4 is 6.08 Å². The van der Waals surface area contributed by atoms with Gasteiger partial charge in [0.2, 0.25) is 0 Å². The van der Waals surface area contributed by atoms with Crippen LogP contribution in [-0.2, 0) is 9.47 Å². The molecule has 1 aromatic rings. The molecule has 1 aromatic carbocycles. The van der Waals surface area contributed by atoms with Gasteiger partial charge in [-0.3, -0.25) is 0 Å². The Kier molecular flexibility index (Phi) is 6.55. The second-order valence-corrected chi connectivity index (χ2v) is 5.36. The number of methoxy groups -OCH3 is 1. The predicted molar refractivity (Wildman–Crippen MR) is 83.4 cm³/mol. The molecule has 8 nitrogen and oxygen atoms in total. The number of ether oxygens (including phenoxy) is 3. The van der Waals surface area contributed by atoms with Crippen LogP contribution in [0.2, 0.25) is 0 Å². The molecule has 24 heavy (non-hydrogen) atoms. The van der Waals surface area contributed by atoms with Crippen LogP contribution in [0, 0.1) is 0 Å². The zero-order valence-corrected chi connectivity index (χ0v) is 13.1. The molecule has 8 heteroatoms. The Morgan fingerprint density at radius 2 is 1.92 bits per heavy atom. The van der Waals surface area contributed by atoms with Crippen molar-refractivity contribution in [1.82, 2.24) is 0 Å². The average Bonchev–Trinajstić information content (AvgIpc) is 2.59. The summed E-state index contributed by atoms with van der Waals surface area (Å²) in [4.78, 5) is 0. The van der Waals surface area contributed by atoms with Crippen molar-refractivity contribution in [3.63, 3.8) is 0 Å². The summed E-state index contributed by atoms with van der Waals surface area (Å²) < 4.78 is 15.5. The van der Waals surface area contributed by atoms with E-state index in [-0.39, 0.29) is 12.4 Å². The third kappa shape index (κ3) is 4.23. The van der Waals surface area contributed by atoms with Crippen molar-refractivity contribution in [2.45, 2.75) is 30.7 Å². The van der Waals surface area contributed by atoms with Crippen LogP contribution in [0.4, 0.5) is 0 Å². The van der Waals surface area contributed by atoms with Gasteiger partial charge < -0.3 is 39.7 Å². The van der Waals surface area contributed by atoms with Gasteiger partial charge in [0.15, 0.2) is 17.8 Å². The molecule has 0 bridgehead atoms. The molecule has 0 spiro atoms. The number of hydrogen-bond donors (Lipinski definition) is 5. The van der Waals surface area contributed by atoms with Crippen LogP contribution in [-0.4, -0.2) is 76.6 Å². The average molecular weight is 342 g/mol. The van der Waals surface area contributed by atoms with Crippen LogP contribution in [0.3, 0.4) is 0 Å². The van der Waals surface area contributed by atoms with Gasteiger partial charge in [-0.2, -0.15) is 0 Å². The lowest BCUT2D eigenvalue weighted by molar-refractivity contribution is -0.298. The van der Waals surface area contributed by atoms with Crippen molar-refractivity contribution in [3.8, 4) is 11.5 Å². The van der Waals surface area contributed by atoms with Gasteiger partial charge in [0, 0.05) is 0 Å². The van der Waals surface area contributed by atoms with E-state index in [9.17, 15) is 20.4 Å². The second-order valence-electron chi connectivity index (χ2n) is 5.36. The minimum absolute atomic E-state index is 0.0345. The number of aliphatic hydroxyl groups excluding tert-OH is 4. The highest BCUT2D eigenvalue weighted by atomic mass is 16.7. The van der Waals surface area contributed by atoms with Gasteiger partial charge in [0.05, 0.1) is 20.3 Å². The number of aromatic hydroxyl groups is 1. The van der Waals surface area contributed by atoms with Gasteiger partial charge >= 0.3 is 0 Å². The SMILES string of the molecule is COc1cc(C=CCOC2OC(CO)C(O)C(O)C2O)ccc1O. The van der Waals surface area contributed by atoms with Crippen LogP contribution in [0.25, 0.3) is 6.08 Å². The first-order valence-corrected chi connectivity index (χ1v) is 7.43. The number of rotatable bonds is 6. The highest BCUT2D eigenvalue weighted by molar-refractivity contribution is 5.55. The molecular weight excluding hydrogens is 320 g/mol. The van der Waals surface area contributed by atoms with E-state index in [2.05, 4.69) is 0 Å². The maximum Gasteiger partial charge on any atom is 0.187 e. The third-order valence-electron chi connectivity index (χ3n) is 3.72. The molecule has 0 radical (unpaired) electrons. The number of benzene rings is 1. The lowest BCUT2D eigenvalue weighted by Crippen LogP contribution is -2.59. The van der Waals surface area contributed by atoms with E-state index in [1.807, 2.05) is 0 Å². The Morgan fingerprint density at radius 3 is 2.58 bits per heavy atom. The number of phenols is 1. The molecule has 2 rings (SSSR count). The van der Waals surface area contributed by atoms with E-state index in [0.29, 0.717) is 5.75 Å². The number of hydrogen-bond acceptors (Lipinski definition) is 8. The Morgan fingerprint density at radius 1 is 1.17 bits per heavy atom. The first kappa shape index (κ1) is 18.7. The zero-order chi connectivity index (χ0) is 17.7. The standard InChI is InChI=1S/C16H22O8/c1-22-11-7-9(4-5-10(11)18)3-2-6-23-16-15(21)14(20)13(19)12(8-17)24-16/h2-5,7,12-21H,6,8H2,1H3. The monoisotopic (exact) mass is 342 g/mol. The summed E-state index contributed by atoms with van der Waals surface area (Å²) in [7, 11) is 1.45. The van der Waals surface area contributed by atoms with E-state index in [4.69, 9.17) is 19.3 Å². The van der Waals surface area contributed by atoms with Crippen molar-refractivity contribution in [2.24, 2.45) is 0 Å². The third-order valence-corrected chi connectivity index (χ3v) is 3.72. The molecule has 5 unspecified atom stereocenters. The molecule has 5 N–H and O–H groups in total. The predicted octanol–water partition coefficient (Wildman–Crippen LogP) is -0.770. The lowest BCUT2D eigenvalue weighted by Gasteiger charge is -2.39. The number of aliphatic hydroxyl groups is 4. The number of phenolic OH excluding ortho intramolecular Hbond substituents is 1. The highest BCUT2D eigenvalue weighted by Gasteiger charge is 2.43. The molecule has 0 aliphatic carbocycles. The summed E-state index contributed by atoms with van der Waals surface area (Å²) in [5.74, 6) is 0.374. The molecule has 0 aromatic heterocycles. The largest absolute Gasteiger partial charge is 0.504 e. The quantitative estimate of drug-likeness (QED) is 0.456. The molecule has 0 amide bonds. The van der Waals surface area contributed by atoms with Crippen LogP contribution in [0.15, 0.2) is 24.3 Å². The molecule has 1 fully saturated rings. The van der Waals surface area contributed by atoms with Gasteiger partial charge in [0.25, 0.3) is 0 Å². The van der Waals surface area contributed by atoms with Gasteiger partial charge in [0.1, 0.15) is 24.4 Å². The molecule has 1 saturated heterocycles. The highest BCUT2D eigenvalue weighted by Crippen LogP contribution is 2.27. The summed E-state index contributed by atoms with van der Waals surface area (Å²) in [5.41, 5.74) is 0.766. The summed E-state index contributed by atoms with van der Waals surface area (Å²) in [6.07, 6.45) is -3.11. The molecule has 5 atom stereocenters. The Hall–Kier alpha value is -1.68. The van der Waals surface area contributed by atoms with Crippen LogP contribution in [0.5, 0.6) is 11.5 Å². The van der Waals surface area contributed by atoms with Crippen LogP contribution < -0.4 is 4.74 Å². The minimum atomic E-state index is -1.47. The van der Waals surface area contributed by atoms with Crippen molar-refractivity contribution in [3.05, 3.63) is 29.8 Å². The first-order chi connectivity index (χ1) is 11.5. The summed E-state index contributed by atoms with van der Waals surface area (Å²) in [5, 5.41) is 47.8. The van der Waals surface area contributed by atoms with Crippen molar-refractivity contribution < 1.29 is 39.7 Å². The van der Waals surface area contributed by atoms with Gasteiger partial charge in [-0.25, -0.2) is 0 Å². The normalized spacial score (nSPS) is 30.6. The van der Waals surface area contributed by atoms with Crippen LogP contribution >= 0.6 is 0 Å². The second kappa shape index (κ2) is 8.43. The fraction of sp³-hybridized carbons (Fsp3) is 0.500. The van der Waals surface area contributed by atoms with Crippen molar-refractivity contribution in [1.29, 1.82) is 0 Å². The Balaban J connectivity index is 1.91. The van der Waals surface area contributed by atoms with E-state index in [0.717, 1.165) is 5.56 Å². The van der Waals surface area contributed by atoms with Crippen molar-refractivity contribution in [2.75, 3.05) is 20.3 Å². The molecule has 1 aliphatic heterocycles. The Labute approximate surface area is 139 Å². The smallest absolute Gasteiger partial charge is 0.187 e. The molecule has 1 aliphatic rings. The maximum absolute atomic E-state index is 9.83. The topological polar surface area (TPSA) is 129 Å². The molecular formula is C16H22O8. The first-order valence-electron chi connectivity index (χ1n) is 7.43. The molecule has 134 valence electrons. The summed E-state index contributed by atoms with van der Waals surface area (Å²) >= 11 is 0.